The van der Waals surface area contributed by atoms with Crippen molar-refractivity contribution in [3.8, 4) is 11.5 Å². The molecule has 0 radical (unpaired) electrons. The number of phenolic OH excluding ortho intramolecular Hbond substituents is 1. The van der Waals surface area contributed by atoms with Crippen LogP contribution in [0.25, 0.3) is 0 Å². The van der Waals surface area contributed by atoms with E-state index < -0.39 is 0 Å². The molecule has 4 rings (SSSR count). The summed E-state index contributed by atoms with van der Waals surface area (Å²) >= 11 is 0. The number of ether oxygens (including phenoxy) is 1. The summed E-state index contributed by atoms with van der Waals surface area (Å²) in [7, 11) is 1.62. The Bertz CT molecular complexity index is 969. The Morgan fingerprint density at radius 2 is 1.62 bits per heavy atom. The Morgan fingerprint density at radius 3 is 2.34 bits per heavy atom. The number of aryl methyl sites for hydroxylation is 1. The van der Waals surface area contributed by atoms with E-state index in [1.54, 1.807) is 19.2 Å². The van der Waals surface area contributed by atoms with Crippen molar-refractivity contribution in [1.29, 1.82) is 0 Å². The summed E-state index contributed by atoms with van der Waals surface area (Å²) in [4.78, 5) is 15.0. The fourth-order valence-electron chi connectivity index (χ4n) is 4.15. The van der Waals surface area contributed by atoms with Gasteiger partial charge in [0.25, 0.3) is 0 Å². The first-order valence-corrected chi connectivity index (χ1v) is 9.98. The number of aromatic hydroxyl groups is 1. The lowest BCUT2D eigenvalue weighted by atomic mass is 9.78. The lowest BCUT2D eigenvalue weighted by Gasteiger charge is -2.48. The molecule has 29 heavy (non-hydrogen) atoms. The zero-order valence-corrected chi connectivity index (χ0v) is 16.5. The summed E-state index contributed by atoms with van der Waals surface area (Å²) < 4.78 is 5.49. The molecule has 3 aromatic rings. The van der Waals surface area contributed by atoms with E-state index in [0.717, 1.165) is 30.5 Å². The van der Waals surface area contributed by atoms with Crippen molar-refractivity contribution in [1.82, 2.24) is 0 Å². The van der Waals surface area contributed by atoms with E-state index >= 15 is 0 Å². The quantitative estimate of drug-likeness (QED) is 0.572. The third kappa shape index (κ3) is 3.83. The molecule has 1 aliphatic heterocycles. The number of amides is 1. The minimum absolute atomic E-state index is 0.0600. The number of phenols is 1. The number of carbonyl (C=O) groups excluding carboxylic acids is 1. The van der Waals surface area contributed by atoms with Crippen LogP contribution >= 0.6 is 0 Å². The average molecular weight is 387 g/mol. The van der Waals surface area contributed by atoms with Crippen molar-refractivity contribution in [2.75, 3.05) is 12.0 Å². The van der Waals surface area contributed by atoms with Gasteiger partial charge in [0.2, 0.25) is 5.91 Å². The number of β-lactam (4-membered cyclic amide) rings is 1. The normalized spacial score (nSPS) is 18.4. The zero-order chi connectivity index (χ0) is 20.2. The number of carbonyl (C=O) groups is 1. The van der Waals surface area contributed by atoms with Crippen LogP contribution < -0.4 is 9.64 Å². The highest BCUT2D eigenvalue weighted by Gasteiger charge is 2.48. The molecule has 0 bridgehead atoms. The van der Waals surface area contributed by atoms with Crippen LogP contribution in [0.2, 0.25) is 0 Å². The molecular weight excluding hydrogens is 362 g/mol. The maximum absolute atomic E-state index is 13.1. The van der Waals surface area contributed by atoms with Crippen molar-refractivity contribution in [2.24, 2.45) is 5.92 Å². The monoisotopic (exact) mass is 387 g/mol. The number of hydrogen-bond acceptors (Lipinski definition) is 3. The highest BCUT2D eigenvalue weighted by atomic mass is 16.5. The van der Waals surface area contributed by atoms with Crippen LogP contribution in [0.4, 0.5) is 5.69 Å². The smallest absolute Gasteiger partial charge is 0.233 e. The van der Waals surface area contributed by atoms with Gasteiger partial charge in [-0.2, -0.15) is 0 Å². The van der Waals surface area contributed by atoms with Gasteiger partial charge in [0, 0.05) is 0 Å². The molecule has 0 saturated carbocycles. The summed E-state index contributed by atoms with van der Waals surface area (Å²) in [5, 5.41) is 9.68. The lowest BCUT2D eigenvalue weighted by Crippen LogP contribution is -2.55. The molecule has 3 aromatic carbocycles. The second-order valence-corrected chi connectivity index (χ2v) is 7.40. The maximum Gasteiger partial charge on any atom is 0.233 e. The molecule has 0 unspecified atom stereocenters. The lowest BCUT2D eigenvalue weighted by molar-refractivity contribution is -0.130. The highest BCUT2D eigenvalue weighted by molar-refractivity contribution is 6.04. The predicted molar refractivity (Wildman–Crippen MR) is 114 cm³/mol. The molecule has 0 aliphatic carbocycles. The Hall–Kier alpha value is -3.27. The van der Waals surface area contributed by atoms with Crippen LogP contribution in [-0.2, 0) is 11.2 Å². The van der Waals surface area contributed by atoms with Crippen LogP contribution in [0, 0.1) is 5.92 Å². The minimum atomic E-state index is -0.0758. The van der Waals surface area contributed by atoms with Crippen molar-refractivity contribution in [3.63, 3.8) is 0 Å². The summed E-state index contributed by atoms with van der Waals surface area (Å²) in [6.45, 7) is 0. The Morgan fingerprint density at radius 1 is 0.931 bits per heavy atom. The fraction of sp³-hybridized carbons (Fsp3) is 0.240. The SMILES string of the molecule is COc1ccccc1N1C(=O)[C@H](CCCc2ccccc2)[C@H]1c1ccc(O)cc1. The van der Waals surface area contributed by atoms with E-state index in [1.807, 2.05) is 59.5 Å². The second kappa shape index (κ2) is 8.39. The first-order chi connectivity index (χ1) is 14.2. The van der Waals surface area contributed by atoms with Gasteiger partial charge in [0.15, 0.2) is 0 Å². The molecular formula is C25H25NO3. The second-order valence-electron chi connectivity index (χ2n) is 7.40. The Kier molecular flexibility index (Phi) is 5.52. The number of para-hydroxylation sites is 2. The van der Waals surface area contributed by atoms with Gasteiger partial charge in [0.05, 0.1) is 24.8 Å². The van der Waals surface area contributed by atoms with Gasteiger partial charge < -0.3 is 14.7 Å². The number of nitrogens with zero attached hydrogens (tertiary/aromatic N) is 1. The van der Waals surface area contributed by atoms with Gasteiger partial charge in [-0.25, -0.2) is 0 Å². The number of anilines is 1. The van der Waals surface area contributed by atoms with Gasteiger partial charge in [-0.3, -0.25) is 4.79 Å². The van der Waals surface area contributed by atoms with Gasteiger partial charge in [-0.1, -0.05) is 54.6 Å². The fourth-order valence-corrected chi connectivity index (χ4v) is 4.15. The van der Waals surface area contributed by atoms with E-state index in [0.29, 0.717) is 5.75 Å². The molecule has 1 fully saturated rings. The molecule has 4 nitrogen and oxygen atoms in total. The van der Waals surface area contributed by atoms with Crippen LogP contribution in [0.5, 0.6) is 11.5 Å². The molecule has 2 atom stereocenters. The van der Waals surface area contributed by atoms with Gasteiger partial charge >= 0.3 is 0 Å². The van der Waals surface area contributed by atoms with Crippen LogP contribution in [0.1, 0.15) is 30.0 Å². The zero-order valence-electron chi connectivity index (χ0n) is 16.5. The van der Waals surface area contributed by atoms with Crippen LogP contribution in [0.15, 0.2) is 78.9 Å². The van der Waals surface area contributed by atoms with E-state index in [1.165, 1.54) is 5.56 Å². The standard InChI is InChI=1S/C25H25NO3/c1-29-23-13-6-5-12-22(23)26-24(19-14-16-20(27)17-15-19)21(25(26)28)11-7-10-18-8-3-2-4-9-18/h2-6,8-9,12-17,21,24,27H,7,10-11H2,1H3/t21-,24-/m1/s1. The number of benzene rings is 3. The van der Waals surface area contributed by atoms with Crippen molar-refractivity contribution < 1.29 is 14.6 Å². The summed E-state index contributed by atoms with van der Waals surface area (Å²) in [6.07, 6.45) is 2.74. The van der Waals surface area contributed by atoms with Gasteiger partial charge in [-0.15, -0.1) is 0 Å². The molecule has 4 heteroatoms. The largest absolute Gasteiger partial charge is 0.508 e. The number of rotatable bonds is 7. The van der Waals surface area contributed by atoms with E-state index in [4.69, 9.17) is 4.74 Å². The molecule has 1 N–H and O–H groups in total. The molecule has 1 amide bonds. The minimum Gasteiger partial charge on any atom is -0.508 e. The topological polar surface area (TPSA) is 49.8 Å². The van der Waals surface area contributed by atoms with Crippen molar-refractivity contribution in [2.45, 2.75) is 25.3 Å². The molecule has 0 aromatic heterocycles. The van der Waals surface area contributed by atoms with Crippen LogP contribution in [-0.4, -0.2) is 18.1 Å². The molecule has 148 valence electrons. The van der Waals surface area contributed by atoms with Crippen molar-refractivity contribution in [3.05, 3.63) is 90.0 Å². The predicted octanol–water partition coefficient (Wildman–Crippen LogP) is 5.13. The third-order valence-electron chi connectivity index (χ3n) is 5.62. The van der Waals surface area contributed by atoms with E-state index in [-0.39, 0.29) is 23.6 Å². The average Bonchev–Trinajstić information content (AvgIpc) is 2.76. The molecule has 1 saturated heterocycles. The Balaban J connectivity index is 1.57. The summed E-state index contributed by atoms with van der Waals surface area (Å²) in [5.41, 5.74) is 3.11. The Labute approximate surface area is 171 Å². The van der Waals surface area contributed by atoms with Gasteiger partial charge in [-0.05, 0) is 54.7 Å². The molecule has 0 spiro atoms. The number of methoxy groups -OCH3 is 1. The summed E-state index contributed by atoms with van der Waals surface area (Å²) in [6, 6.07) is 25.1. The van der Waals surface area contributed by atoms with Crippen molar-refractivity contribution >= 4 is 11.6 Å². The first kappa shape index (κ1) is 19.1. The maximum atomic E-state index is 13.1. The summed E-state index contributed by atoms with van der Waals surface area (Å²) in [5.74, 6) is 0.963. The van der Waals surface area contributed by atoms with Crippen LogP contribution in [0.3, 0.4) is 0 Å². The molecule has 1 aliphatic rings. The van der Waals surface area contributed by atoms with E-state index in [9.17, 15) is 9.90 Å². The van der Waals surface area contributed by atoms with Gasteiger partial charge in [0.1, 0.15) is 11.5 Å². The highest BCUT2D eigenvalue weighted by Crippen LogP contribution is 2.48. The first-order valence-electron chi connectivity index (χ1n) is 9.98. The molecule has 1 heterocycles. The number of hydrogen-bond donors (Lipinski definition) is 1. The van der Waals surface area contributed by atoms with E-state index in [2.05, 4.69) is 12.1 Å². The third-order valence-corrected chi connectivity index (χ3v) is 5.62.